The minimum absolute atomic E-state index is 0.282. The second-order valence-corrected chi connectivity index (χ2v) is 4.90. The molecule has 3 nitrogen and oxygen atoms in total. The van der Waals surface area contributed by atoms with Gasteiger partial charge in [0.15, 0.2) is 0 Å². The molecule has 1 aliphatic rings. The maximum Gasteiger partial charge on any atom is 0.0835 e. The number of rotatable bonds is 5. The minimum atomic E-state index is 0.282. The Morgan fingerprint density at radius 3 is 2.56 bits per heavy atom. The lowest BCUT2D eigenvalue weighted by atomic mass is 10.1. The number of nitrogens with one attached hydrogen (secondary N) is 2. The number of hydrogen-bond acceptors (Lipinski definition) is 3. The summed E-state index contributed by atoms with van der Waals surface area (Å²) in [6.07, 6.45) is 2.05. The molecule has 1 fully saturated rings. The van der Waals surface area contributed by atoms with Crippen LogP contribution in [0.4, 0.5) is 0 Å². The highest BCUT2D eigenvalue weighted by Gasteiger charge is 2.17. The first-order valence-corrected chi connectivity index (χ1v) is 6.54. The van der Waals surface area contributed by atoms with E-state index in [1.807, 2.05) is 0 Å². The lowest BCUT2D eigenvalue weighted by Gasteiger charge is -2.29. The van der Waals surface area contributed by atoms with Crippen LogP contribution in [0.15, 0.2) is 36.9 Å². The van der Waals surface area contributed by atoms with Gasteiger partial charge in [-0.25, -0.2) is 0 Å². The predicted molar refractivity (Wildman–Crippen MR) is 74.2 cm³/mol. The fraction of sp³-hybridized carbons (Fsp3) is 0.467. The van der Waals surface area contributed by atoms with Gasteiger partial charge in [-0.05, 0) is 17.0 Å². The van der Waals surface area contributed by atoms with Crippen molar-refractivity contribution in [3.63, 3.8) is 0 Å². The van der Waals surface area contributed by atoms with Crippen LogP contribution in [0, 0.1) is 5.92 Å². The maximum absolute atomic E-state index is 5.42. The molecule has 1 aromatic rings. The Labute approximate surface area is 109 Å². The third-order valence-corrected chi connectivity index (χ3v) is 3.16. The first-order valence-electron chi connectivity index (χ1n) is 6.54. The van der Waals surface area contributed by atoms with Crippen LogP contribution in [0.5, 0.6) is 0 Å². The molecule has 0 unspecified atom stereocenters. The molecular formula is C15H22N2O. The zero-order valence-corrected chi connectivity index (χ0v) is 11.0. The van der Waals surface area contributed by atoms with E-state index in [1.54, 1.807) is 6.08 Å². The highest BCUT2D eigenvalue weighted by molar-refractivity contribution is 5.24. The van der Waals surface area contributed by atoms with Crippen molar-refractivity contribution in [2.75, 3.05) is 19.7 Å². The first kappa shape index (κ1) is 13.3. The van der Waals surface area contributed by atoms with Crippen LogP contribution in [-0.2, 0) is 11.3 Å². The summed E-state index contributed by atoms with van der Waals surface area (Å²) in [5.41, 5.74) is 2.49. The third kappa shape index (κ3) is 3.67. The summed E-state index contributed by atoms with van der Waals surface area (Å²) in [4.78, 5) is 0. The van der Waals surface area contributed by atoms with Crippen molar-refractivity contribution in [1.82, 2.24) is 10.6 Å². The number of hydrogen-bond donors (Lipinski definition) is 2. The standard InChI is InChI=1S/C15H22N2O/c1-3-8-18-11-13-4-6-14(7-5-13)15-16-9-12(2)10-17-15/h3-7,12,15-17H,1,8-11H2,2H3. The van der Waals surface area contributed by atoms with Crippen molar-refractivity contribution in [2.45, 2.75) is 19.7 Å². The van der Waals surface area contributed by atoms with E-state index in [4.69, 9.17) is 4.74 Å². The summed E-state index contributed by atoms with van der Waals surface area (Å²) in [5, 5.41) is 7.00. The van der Waals surface area contributed by atoms with Crippen LogP contribution < -0.4 is 10.6 Å². The molecule has 3 heteroatoms. The fourth-order valence-corrected chi connectivity index (χ4v) is 2.08. The zero-order chi connectivity index (χ0) is 12.8. The summed E-state index contributed by atoms with van der Waals surface area (Å²) in [7, 11) is 0. The first-order chi connectivity index (χ1) is 8.79. The Hall–Kier alpha value is -1.16. The van der Waals surface area contributed by atoms with Crippen molar-refractivity contribution in [2.24, 2.45) is 5.92 Å². The van der Waals surface area contributed by atoms with E-state index in [9.17, 15) is 0 Å². The Balaban J connectivity index is 1.88. The summed E-state index contributed by atoms with van der Waals surface area (Å²) < 4.78 is 5.42. The van der Waals surface area contributed by atoms with E-state index < -0.39 is 0 Å². The quantitative estimate of drug-likeness (QED) is 0.617. The van der Waals surface area contributed by atoms with E-state index in [-0.39, 0.29) is 6.17 Å². The van der Waals surface area contributed by atoms with Gasteiger partial charge in [-0.1, -0.05) is 37.3 Å². The van der Waals surface area contributed by atoms with Gasteiger partial charge in [0.25, 0.3) is 0 Å². The summed E-state index contributed by atoms with van der Waals surface area (Å²) >= 11 is 0. The van der Waals surface area contributed by atoms with Gasteiger partial charge in [0.1, 0.15) is 0 Å². The third-order valence-electron chi connectivity index (χ3n) is 3.16. The fourth-order valence-electron chi connectivity index (χ4n) is 2.08. The van der Waals surface area contributed by atoms with E-state index in [0.717, 1.165) is 13.1 Å². The van der Waals surface area contributed by atoms with Crippen LogP contribution in [0.3, 0.4) is 0 Å². The van der Waals surface area contributed by atoms with Crippen molar-refractivity contribution >= 4 is 0 Å². The summed E-state index contributed by atoms with van der Waals surface area (Å²) in [5.74, 6) is 0.702. The number of benzene rings is 1. The highest BCUT2D eigenvalue weighted by atomic mass is 16.5. The molecule has 1 saturated heterocycles. The second kappa shape index (κ2) is 6.69. The smallest absolute Gasteiger partial charge is 0.0835 e. The van der Waals surface area contributed by atoms with Gasteiger partial charge >= 0.3 is 0 Å². The van der Waals surface area contributed by atoms with Crippen molar-refractivity contribution in [3.8, 4) is 0 Å². The lowest BCUT2D eigenvalue weighted by molar-refractivity contribution is 0.149. The molecule has 0 amide bonds. The highest BCUT2D eigenvalue weighted by Crippen LogP contribution is 2.15. The van der Waals surface area contributed by atoms with Crippen molar-refractivity contribution < 1.29 is 4.74 Å². The summed E-state index contributed by atoms with van der Waals surface area (Å²) in [6, 6.07) is 8.57. The molecule has 1 aromatic carbocycles. The normalized spacial score (nSPS) is 23.8. The maximum atomic E-state index is 5.42. The Morgan fingerprint density at radius 2 is 1.94 bits per heavy atom. The molecule has 0 bridgehead atoms. The van der Waals surface area contributed by atoms with Gasteiger partial charge in [0, 0.05) is 13.1 Å². The van der Waals surface area contributed by atoms with Gasteiger partial charge in [0.05, 0.1) is 19.4 Å². The molecule has 0 aromatic heterocycles. The monoisotopic (exact) mass is 246 g/mol. The van der Waals surface area contributed by atoms with Gasteiger partial charge in [-0.15, -0.1) is 6.58 Å². The average Bonchev–Trinajstić information content (AvgIpc) is 2.41. The predicted octanol–water partition coefficient (Wildman–Crippen LogP) is 2.22. The topological polar surface area (TPSA) is 33.3 Å². The Kier molecular flexibility index (Phi) is 4.93. The molecule has 0 saturated carbocycles. The van der Waals surface area contributed by atoms with Crippen LogP contribution in [0.25, 0.3) is 0 Å². The van der Waals surface area contributed by atoms with Crippen LogP contribution >= 0.6 is 0 Å². The Bertz CT molecular complexity index is 367. The van der Waals surface area contributed by atoms with E-state index in [1.165, 1.54) is 11.1 Å². The molecular weight excluding hydrogens is 224 g/mol. The Morgan fingerprint density at radius 1 is 1.28 bits per heavy atom. The lowest BCUT2D eigenvalue weighted by Crippen LogP contribution is -2.45. The molecule has 0 radical (unpaired) electrons. The van der Waals surface area contributed by atoms with Crippen molar-refractivity contribution in [1.29, 1.82) is 0 Å². The summed E-state index contributed by atoms with van der Waals surface area (Å²) in [6.45, 7) is 9.27. The van der Waals surface area contributed by atoms with E-state index in [2.05, 4.69) is 48.4 Å². The molecule has 0 aliphatic carbocycles. The van der Waals surface area contributed by atoms with Crippen molar-refractivity contribution in [3.05, 3.63) is 48.0 Å². The van der Waals surface area contributed by atoms with Gasteiger partial charge < -0.3 is 4.74 Å². The molecule has 1 heterocycles. The van der Waals surface area contributed by atoms with Crippen LogP contribution in [0.1, 0.15) is 24.2 Å². The SMILES string of the molecule is C=CCOCc1ccc(C2NCC(C)CN2)cc1. The van der Waals surface area contributed by atoms with Gasteiger partial charge in [-0.2, -0.15) is 0 Å². The molecule has 2 N–H and O–H groups in total. The van der Waals surface area contributed by atoms with Crippen LogP contribution in [-0.4, -0.2) is 19.7 Å². The van der Waals surface area contributed by atoms with E-state index >= 15 is 0 Å². The zero-order valence-electron chi connectivity index (χ0n) is 11.0. The number of ether oxygens (including phenoxy) is 1. The molecule has 2 rings (SSSR count). The average molecular weight is 246 g/mol. The van der Waals surface area contributed by atoms with Crippen LogP contribution in [0.2, 0.25) is 0 Å². The van der Waals surface area contributed by atoms with Gasteiger partial charge in [-0.3, -0.25) is 10.6 Å². The molecule has 98 valence electrons. The molecule has 0 spiro atoms. The second-order valence-electron chi connectivity index (χ2n) is 4.90. The molecule has 1 aliphatic heterocycles. The largest absolute Gasteiger partial charge is 0.373 e. The van der Waals surface area contributed by atoms with E-state index in [0.29, 0.717) is 19.1 Å². The van der Waals surface area contributed by atoms with Gasteiger partial charge in [0.2, 0.25) is 0 Å². The minimum Gasteiger partial charge on any atom is -0.373 e. The molecule has 0 atom stereocenters. The molecule has 18 heavy (non-hydrogen) atoms.